The second-order valence-corrected chi connectivity index (χ2v) is 3.66. The van der Waals surface area contributed by atoms with E-state index in [1.807, 2.05) is 31.2 Å². The molecular weight excluding hydrogens is 206 g/mol. The lowest BCUT2D eigenvalue weighted by atomic mass is 10.2. The Morgan fingerprint density at radius 3 is 3.06 bits per heavy atom. The molecule has 0 aromatic heterocycles. The zero-order valence-electron chi connectivity index (χ0n) is 9.39. The molecule has 16 heavy (non-hydrogen) atoms. The summed E-state index contributed by atoms with van der Waals surface area (Å²) in [5, 5.41) is 0. The van der Waals surface area contributed by atoms with Crippen LogP contribution in [0, 0.1) is 0 Å². The number of ether oxygens (including phenoxy) is 3. The van der Waals surface area contributed by atoms with Crippen molar-refractivity contribution in [1.29, 1.82) is 0 Å². The van der Waals surface area contributed by atoms with Gasteiger partial charge in [-0.1, -0.05) is 12.1 Å². The second-order valence-electron chi connectivity index (χ2n) is 3.66. The van der Waals surface area contributed by atoms with E-state index in [2.05, 4.69) is 0 Å². The molecule has 0 radical (unpaired) electrons. The normalized spacial score (nSPS) is 24.6. The maximum absolute atomic E-state index is 5.63. The van der Waals surface area contributed by atoms with Gasteiger partial charge in [0, 0.05) is 12.1 Å². The van der Waals surface area contributed by atoms with Crippen molar-refractivity contribution >= 4 is 0 Å². The average Bonchev–Trinajstić information content (AvgIpc) is 2.78. The summed E-state index contributed by atoms with van der Waals surface area (Å²) < 4.78 is 16.6. The van der Waals surface area contributed by atoms with E-state index in [1.54, 1.807) is 0 Å². The van der Waals surface area contributed by atoms with Crippen LogP contribution in [0.1, 0.15) is 18.8 Å². The Hall–Kier alpha value is -1.10. The van der Waals surface area contributed by atoms with E-state index in [-0.39, 0.29) is 12.4 Å². The Bertz CT molecular complexity index is 343. The molecule has 2 N–H and O–H groups in total. The third-order valence-corrected chi connectivity index (χ3v) is 2.45. The molecule has 4 heteroatoms. The Morgan fingerprint density at radius 2 is 2.38 bits per heavy atom. The Balaban J connectivity index is 2.06. The first-order valence-corrected chi connectivity index (χ1v) is 5.53. The van der Waals surface area contributed by atoms with E-state index < -0.39 is 0 Å². The number of nitrogens with two attached hydrogens (primary N) is 1. The fraction of sp³-hybridized carbons (Fsp3) is 0.500. The Labute approximate surface area is 95.3 Å². The molecule has 1 saturated heterocycles. The monoisotopic (exact) mass is 223 g/mol. The van der Waals surface area contributed by atoms with Crippen LogP contribution >= 0.6 is 0 Å². The van der Waals surface area contributed by atoms with Gasteiger partial charge in [-0.15, -0.1) is 0 Å². The lowest BCUT2D eigenvalue weighted by molar-refractivity contribution is -0.0586. The highest BCUT2D eigenvalue weighted by molar-refractivity contribution is 5.29. The number of rotatable bonds is 4. The van der Waals surface area contributed by atoms with Crippen molar-refractivity contribution in [2.75, 3.05) is 19.8 Å². The number of hydrogen-bond acceptors (Lipinski definition) is 4. The van der Waals surface area contributed by atoms with Crippen LogP contribution in [-0.4, -0.2) is 25.9 Å². The van der Waals surface area contributed by atoms with Crippen molar-refractivity contribution in [3.05, 3.63) is 29.8 Å². The van der Waals surface area contributed by atoms with Gasteiger partial charge in [-0.2, -0.15) is 0 Å². The van der Waals surface area contributed by atoms with Crippen LogP contribution < -0.4 is 10.5 Å². The smallest absolute Gasteiger partial charge is 0.184 e. The van der Waals surface area contributed by atoms with Gasteiger partial charge in [0.1, 0.15) is 5.75 Å². The van der Waals surface area contributed by atoms with Gasteiger partial charge in [0.25, 0.3) is 0 Å². The minimum Gasteiger partial charge on any atom is -0.494 e. The molecule has 1 aliphatic heterocycles. The Morgan fingerprint density at radius 1 is 1.50 bits per heavy atom. The van der Waals surface area contributed by atoms with Gasteiger partial charge < -0.3 is 19.9 Å². The fourth-order valence-electron chi connectivity index (χ4n) is 1.66. The molecule has 0 amide bonds. The first kappa shape index (κ1) is 11.4. The summed E-state index contributed by atoms with van der Waals surface area (Å²) in [7, 11) is 0. The standard InChI is InChI=1S/C12H17NO3/c1-2-14-10-5-3-4-9(6-10)12-15-8-11(7-13)16-12/h3-6,11-12H,2,7-8,13H2,1H3. The van der Waals surface area contributed by atoms with Crippen LogP contribution in [-0.2, 0) is 9.47 Å². The minimum atomic E-state index is -0.311. The predicted octanol–water partition coefficient (Wildman–Crippen LogP) is 1.46. The summed E-state index contributed by atoms with van der Waals surface area (Å²) >= 11 is 0. The van der Waals surface area contributed by atoms with Crippen molar-refractivity contribution in [3.8, 4) is 5.75 Å². The quantitative estimate of drug-likeness (QED) is 0.839. The van der Waals surface area contributed by atoms with Gasteiger partial charge in [-0.25, -0.2) is 0 Å². The SMILES string of the molecule is CCOc1cccc(C2OCC(CN)O2)c1. The van der Waals surface area contributed by atoms with Crippen molar-refractivity contribution in [3.63, 3.8) is 0 Å². The summed E-state index contributed by atoms with van der Waals surface area (Å²) in [5.74, 6) is 0.836. The van der Waals surface area contributed by atoms with Gasteiger partial charge in [0.05, 0.1) is 19.3 Å². The molecule has 1 aliphatic rings. The highest BCUT2D eigenvalue weighted by Gasteiger charge is 2.26. The Kier molecular flexibility index (Phi) is 3.77. The van der Waals surface area contributed by atoms with Crippen LogP contribution in [0.3, 0.4) is 0 Å². The van der Waals surface area contributed by atoms with Crippen LogP contribution in [0.4, 0.5) is 0 Å². The maximum atomic E-state index is 5.63. The highest BCUT2D eigenvalue weighted by atomic mass is 16.7. The van der Waals surface area contributed by atoms with Gasteiger partial charge in [-0.3, -0.25) is 0 Å². The number of hydrogen-bond donors (Lipinski definition) is 1. The molecule has 0 bridgehead atoms. The van der Waals surface area contributed by atoms with Gasteiger partial charge in [-0.05, 0) is 19.1 Å². The van der Waals surface area contributed by atoms with E-state index in [0.717, 1.165) is 11.3 Å². The molecule has 4 nitrogen and oxygen atoms in total. The zero-order chi connectivity index (χ0) is 11.4. The average molecular weight is 223 g/mol. The van der Waals surface area contributed by atoms with E-state index in [1.165, 1.54) is 0 Å². The highest BCUT2D eigenvalue weighted by Crippen LogP contribution is 2.28. The van der Waals surface area contributed by atoms with Crippen molar-refractivity contribution in [2.45, 2.75) is 19.3 Å². The molecule has 2 atom stereocenters. The molecular formula is C12H17NO3. The third kappa shape index (κ3) is 2.52. The topological polar surface area (TPSA) is 53.7 Å². The summed E-state index contributed by atoms with van der Waals surface area (Å²) in [6.07, 6.45) is -0.310. The molecule has 1 aromatic carbocycles. The third-order valence-electron chi connectivity index (χ3n) is 2.45. The predicted molar refractivity (Wildman–Crippen MR) is 60.2 cm³/mol. The van der Waals surface area contributed by atoms with E-state index >= 15 is 0 Å². The molecule has 88 valence electrons. The molecule has 0 aliphatic carbocycles. The lowest BCUT2D eigenvalue weighted by Crippen LogP contribution is -2.21. The van der Waals surface area contributed by atoms with E-state index in [0.29, 0.717) is 19.8 Å². The van der Waals surface area contributed by atoms with Gasteiger partial charge in [0.2, 0.25) is 0 Å². The molecule has 1 fully saturated rings. The molecule has 1 heterocycles. The first-order chi connectivity index (χ1) is 7.83. The summed E-state index contributed by atoms with van der Waals surface area (Å²) in [6.45, 7) is 3.66. The second kappa shape index (κ2) is 5.30. The van der Waals surface area contributed by atoms with E-state index in [9.17, 15) is 0 Å². The number of benzene rings is 1. The van der Waals surface area contributed by atoms with Crippen LogP contribution in [0.5, 0.6) is 5.75 Å². The summed E-state index contributed by atoms with van der Waals surface area (Å²) in [4.78, 5) is 0. The van der Waals surface area contributed by atoms with Crippen LogP contribution in [0.2, 0.25) is 0 Å². The van der Waals surface area contributed by atoms with Crippen molar-refractivity contribution in [1.82, 2.24) is 0 Å². The van der Waals surface area contributed by atoms with Gasteiger partial charge >= 0.3 is 0 Å². The van der Waals surface area contributed by atoms with Crippen LogP contribution in [0.15, 0.2) is 24.3 Å². The maximum Gasteiger partial charge on any atom is 0.184 e. The van der Waals surface area contributed by atoms with E-state index in [4.69, 9.17) is 19.9 Å². The molecule has 2 rings (SSSR count). The summed E-state index contributed by atoms with van der Waals surface area (Å²) in [6, 6.07) is 7.75. The van der Waals surface area contributed by atoms with Crippen molar-refractivity contribution < 1.29 is 14.2 Å². The van der Waals surface area contributed by atoms with Crippen molar-refractivity contribution in [2.24, 2.45) is 5.73 Å². The molecule has 0 saturated carbocycles. The fourth-order valence-corrected chi connectivity index (χ4v) is 1.66. The molecule has 2 unspecified atom stereocenters. The first-order valence-electron chi connectivity index (χ1n) is 5.53. The van der Waals surface area contributed by atoms with Crippen LogP contribution in [0.25, 0.3) is 0 Å². The van der Waals surface area contributed by atoms with Gasteiger partial charge in [0.15, 0.2) is 6.29 Å². The molecule has 0 spiro atoms. The zero-order valence-corrected chi connectivity index (χ0v) is 9.39. The minimum absolute atomic E-state index is 0.000694. The largest absolute Gasteiger partial charge is 0.494 e. The lowest BCUT2D eigenvalue weighted by Gasteiger charge is -2.12. The summed E-state index contributed by atoms with van der Waals surface area (Å²) in [5.41, 5.74) is 6.50. The molecule has 1 aromatic rings.